The lowest BCUT2D eigenvalue weighted by molar-refractivity contribution is -0.137. The molecule has 0 unspecified atom stereocenters. The first kappa shape index (κ1) is 24.9. The second-order valence-electron chi connectivity index (χ2n) is 7.22. The fourth-order valence-corrected chi connectivity index (χ4v) is 4.95. The lowest BCUT2D eigenvalue weighted by atomic mass is 10.1. The maximum atomic E-state index is 13.1. The molecule has 3 rings (SSSR count). The van der Waals surface area contributed by atoms with Crippen LogP contribution in [-0.4, -0.2) is 48.2 Å². The normalized spacial score (nSPS) is 11.9. The quantitative estimate of drug-likeness (QED) is 0.261. The molecule has 0 atom stereocenters. The lowest BCUT2D eigenvalue weighted by Crippen LogP contribution is -2.30. The van der Waals surface area contributed by atoms with E-state index in [1.165, 1.54) is 10.4 Å². The van der Waals surface area contributed by atoms with Crippen molar-refractivity contribution in [1.82, 2.24) is 14.1 Å². The number of benzene rings is 2. The molecule has 176 valence electrons. The van der Waals surface area contributed by atoms with Crippen LogP contribution in [0.2, 0.25) is 0 Å². The number of nitriles is 1. The summed E-state index contributed by atoms with van der Waals surface area (Å²) in [5.41, 5.74) is 2.03. The fourth-order valence-electron chi connectivity index (χ4n) is 3.45. The van der Waals surface area contributed by atoms with Gasteiger partial charge in [0.15, 0.2) is 0 Å². The highest BCUT2D eigenvalue weighted by molar-refractivity contribution is 7.89. The van der Waals surface area contributed by atoms with E-state index in [9.17, 15) is 18.5 Å². The fraction of sp³-hybridized carbons (Fsp3) is 0.240. The third-order valence-electron chi connectivity index (χ3n) is 5.13. The van der Waals surface area contributed by atoms with Crippen LogP contribution in [0.4, 0.5) is 0 Å². The zero-order valence-corrected chi connectivity index (χ0v) is 20.1. The summed E-state index contributed by atoms with van der Waals surface area (Å²) in [6.07, 6.45) is 3.10. The Bertz CT molecular complexity index is 1330. The van der Waals surface area contributed by atoms with Crippen molar-refractivity contribution < 1.29 is 17.9 Å². The molecule has 0 aliphatic carbocycles. The number of aromatic nitrogens is 2. The second-order valence-corrected chi connectivity index (χ2v) is 9.16. The van der Waals surface area contributed by atoms with Gasteiger partial charge in [-0.05, 0) is 37.3 Å². The highest BCUT2D eigenvalue weighted by Crippen LogP contribution is 2.28. The van der Waals surface area contributed by atoms with Crippen molar-refractivity contribution in [3.05, 3.63) is 71.9 Å². The van der Waals surface area contributed by atoms with Crippen LogP contribution in [0.1, 0.15) is 26.3 Å². The van der Waals surface area contributed by atoms with Gasteiger partial charge in [-0.2, -0.15) is 14.7 Å². The van der Waals surface area contributed by atoms with Crippen molar-refractivity contribution in [3.8, 4) is 23.0 Å². The number of hydrogen-bond donors (Lipinski definition) is 0. The Balaban J connectivity index is 2.19. The van der Waals surface area contributed by atoms with Gasteiger partial charge < -0.3 is 4.74 Å². The molecule has 1 heterocycles. The Labute approximate surface area is 199 Å². The summed E-state index contributed by atoms with van der Waals surface area (Å²) in [4.78, 5) is 12.3. The number of carbonyl (C=O) groups is 1. The summed E-state index contributed by atoms with van der Waals surface area (Å²) in [5.74, 6) is -0.735. The van der Waals surface area contributed by atoms with Gasteiger partial charge >= 0.3 is 5.97 Å². The molecule has 0 saturated carbocycles. The first-order valence-electron chi connectivity index (χ1n) is 10.9. The lowest BCUT2D eigenvalue weighted by Gasteiger charge is -2.18. The maximum absolute atomic E-state index is 13.1. The van der Waals surface area contributed by atoms with Gasteiger partial charge in [-0.25, -0.2) is 17.9 Å². The van der Waals surface area contributed by atoms with Crippen LogP contribution in [0, 0.1) is 11.3 Å². The van der Waals surface area contributed by atoms with Crippen molar-refractivity contribution in [2.75, 3.05) is 19.7 Å². The smallest absolute Gasteiger partial charge is 0.348 e. The van der Waals surface area contributed by atoms with Crippen molar-refractivity contribution in [3.63, 3.8) is 0 Å². The number of carbonyl (C=O) groups excluding carboxylic acids is 1. The first-order chi connectivity index (χ1) is 16.3. The van der Waals surface area contributed by atoms with Crippen molar-refractivity contribution >= 4 is 22.1 Å². The molecular formula is C25H26N4O4S. The highest BCUT2D eigenvalue weighted by atomic mass is 32.2. The van der Waals surface area contributed by atoms with Crippen LogP contribution in [-0.2, 0) is 19.6 Å². The van der Waals surface area contributed by atoms with Crippen LogP contribution in [0.25, 0.3) is 23.0 Å². The predicted octanol–water partition coefficient (Wildman–Crippen LogP) is 4.04. The molecule has 1 aromatic heterocycles. The molecule has 2 aromatic carbocycles. The Hall–Kier alpha value is -3.74. The number of hydrogen-bond acceptors (Lipinski definition) is 6. The summed E-state index contributed by atoms with van der Waals surface area (Å²) in [7, 11) is -3.68. The van der Waals surface area contributed by atoms with Gasteiger partial charge in [-0.15, -0.1) is 0 Å². The summed E-state index contributed by atoms with van der Waals surface area (Å²) < 4.78 is 34.1. The van der Waals surface area contributed by atoms with Crippen LogP contribution in [0.5, 0.6) is 0 Å². The van der Waals surface area contributed by atoms with Gasteiger partial charge in [0, 0.05) is 30.4 Å². The third kappa shape index (κ3) is 5.25. The first-order valence-corrected chi connectivity index (χ1v) is 12.3. The number of para-hydroxylation sites is 1. The average molecular weight is 479 g/mol. The summed E-state index contributed by atoms with van der Waals surface area (Å²) >= 11 is 0. The van der Waals surface area contributed by atoms with Crippen LogP contribution < -0.4 is 0 Å². The molecular weight excluding hydrogens is 452 g/mol. The van der Waals surface area contributed by atoms with E-state index < -0.39 is 16.0 Å². The van der Waals surface area contributed by atoms with Crippen molar-refractivity contribution in [2.24, 2.45) is 0 Å². The SMILES string of the molecule is CCOC(=O)/C(C#N)=C\c1cn(-c2ccccc2)nc1-c1cccc(S(=O)(=O)N(CC)CC)c1. The zero-order valence-electron chi connectivity index (χ0n) is 19.3. The Morgan fingerprint density at radius 2 is 1.82 bits per heavy atom. The van der Waals surface area contributed by atoms with Gasteiger partial charge in [-0.1, -0.05) is 44.2 Å². The summed E-state index contributed by atoms with van der Waals surface area (Å²) in [6, 6.07) is 17.7. The molecule has 0 amide bonds. The van der Waals surface area contributed by atoms with Crippen molar-refractivity contribution in [2.45, 2.75) is 25.7 Å². The molecule has 0 aliphatic heterocycles. The molecule has 0 spiro atoms. The van der Waals surface area contributed by atoms with E-state index in [-0.39, 0.29) is 17.1 Å². The molecule has 0 bridgehead atoms. The summed E-state index contributed by atoms with van der Waals surface area (Å²) in [6.45, 7) is 6.07. The standard InChI is InChI=1S/C25H26N4O4S/c1-4-28(5-2)34(31,32)23-14-10-11-19(16-23)24-21(15-20(17-26)25(30)33-6-3)18-29(27-24)22-12-8-7-9-13-22/h7-16,18H,4-6H2,1-3H3/b20-15-. The van der Waals surface area contributed by atoms with Gasteiger partial charge in [-0.3, -0.25) is 0 Å². The van der Waals surface area contributed by atoms with Gasteiger partial charge in [0.25, 0.3) is 0 Å². The van der Waals surface area contributed by atoms with Gasteiger partial charge in [0.1, 0.15) is 17.3 Å². The van der Waals surface area contributed by atoms with E-state index in [0.29, 0.717) is 29.9 Å². The average Bonchev–Trinajstić information content (AvgIpc) is 3.28. The molecule has 9 heteroatoms. The highest BCUT2D eigenvalue weighted by Gasteiger charge is 2.23. The van der Waals surface area contributed by atoms with Gasteiger partial charge in [0.2, 0.25) is 10.0 Å². The topological polar surface area (TPSA) is 105 Å². The van der Waals surface area contributed by atoms with E-state index in [4.69, 9.17) is 4.74 Å². The molecule has 0 aliphatic rings. The number of esters is 1. The minimum absolute atomic E-state index is 0.138. The van der Waals surface area contributed by atoms with Crippen LogP contribution >= 0.6 is 0 Å². The Morgan fingerprint density at radius 3 is 2.44 bits per heavy atom. The molecule has 34 heavy (non-hydrogen) atoms. The predicted molar refractivity (Wildman–Crippen MR) is 129 cm³/mol. The molecule has 0 fully saturated rings. The van der Waals surface area contributed by atoms with Crippen LogP contribution in [0.15, 0.2) is 71.3 Å². The Kier molecular flexibility index (Phi) is 7.99. The number of nitrogens with zero attached hydrogens (tertiary/aromatic N) is 4. The van der Waals surface area contributed by atoms with E-state index in [1.54, 1.807) is 55.9 Å². The van der Waals surface area contributed by atoms with Gasteiger partial charge in [0.05, 0.1) is 17.2 Å². The van der Waals surface area contributed by atoms with E-state index >= 15 is 0 Å². The van der Waals surface area contributed by atoms with Crippen molar-refractivity contribution in [1.29, 1.82) is 5.26 Å². The molecule has 0 saturated heterocycles. The number of sulfonamides is 1. The summed E-state index contributed by atoms with van der Waals surface area (Å²) in [5, 5.41) is 14.2. The molecule has 8 nitrogen and oxygen atoms in total. The van der Waals surface area contributed by atoms with Crippen LogP contribution in [0.3, 0.4) is 0 Å². The minimum Gasteiger partial charge on any atom is -0.462 e. The molecule has 0 radical (unpaired) electrons. The second kappa shape index (κ2) is 10.9. The van der Waals surface area contributed by atoms with E-state index in [0.717, 1.165) is 5.69 Å². The largest absolute Gasteiger partial charge is 0.462 e. The molecule has 3 aromatic rings. The van der Waals surface area contributed by atoms with E-state index in [1.807, 2.05) is 36.4 Å². The number of rotatable bonds is 9. The monoisotopic (exact) mass is 478 g/mol. The Morgan fingerprint density at radius 1 is 1.12 bits per heavy atom. The van der Waals surface area contributed by atoms with E-state index in [2.05, 4.69) is 5.10 Å². The molecule has 0 N–H and O–H groups in total. The maximum Gasteiger partial charge on any atom is 0.348 e. The number of ether oxygens (including phenoxy) is 1. The third-order valence-corrected chi connectivity index (χ3v) is 7.18. The zero-order chi connectivity index (χ0) is 24.7. The minimum atomic E-state index is -3.68.